The maximum absolute atomic E-state index is 12.9. The van der Waals surface area contributed by atoms with Crippen molar-refractivity contribution in [2.24, 2.45) is 0 Å². The average Bonchev–Trinajstić information content (AvgIpc) is 3.28. The van der Waals surface area contributed by atoms with Crippen LogP contribution >= 0.6 is 0 Å². The SMILES string of the molecule is CCCCCCCCCCCCCCCCCCCCCCCCCC(=O)OC[C@H](CO[C@H]1O[C@H](CS(=O)(=O)O)[C@@H](O)C(O)C1O)OC(=O)CCCCCCCCCCCCCCCCC. The van der Waals surface area contributed by atoms with Gasteiger partial charge >= 0.3 is 11.9 Å². The van der Waals surface area contributed by atoms with E-state index < -0.39 is 71.2 Å². The quantitative estimate of drug-likeness (QED) is 0.0257. The number of aliphatic hydroxyl groups is 3. The molecule has 66 heavy (non-hydrogen) atoms. The molecule has 0 bridgehead atoms. The fraction of sp³-hybridized carbons (Fsp3) is 0.962. The van der Waals surface area contributed by atoms with E-state index in [9.17, 15) is 37.9 Å². The standard InChI is InChI=1S/C53H102O12S/c1-3-5-7-9-11-13-15-17-19-20-21-22-23-24-25-26-28-29-31-33-35-37-39-41-48(54)62-43-46(44-63-53-52(58)51(57)50(56)47(65-53)45-66(59,60)61)64-49(55)42-40-38-36-34-32-30-27-18-16-14-12-10-8-6-4-2/h46-47,50-53,56-58H,3-45H2,1-2H3,(H,59,60,61)/t46-,47-,50-,51?,52?,53+/m1/s1. The van der Waals surface area contributed by atoms with Gasteiger partial charge in [-0.25, -0.2) is 0 Å². The van der Waals surface area contributed by atoms with Crippen LogP contribution in [0.25, 0.3) is 0 Å². The zero-order valence-corrected chi connectivity index (χ0v) is 43.1. The second-order valence-electron chi connectivity index (χ2n) is 19.6. The predicted octanol–water partition coefficient (Wildman–Crippen LogP) is 12.8. The van der Waals surface area contributed by atoms with Gasteiger partial charge in [0, 0.05) is 12.8 Å². The van der Waals surface area contributed by atoms with Crippen molar-refractivity contribution in [1.29, 1.82) is 0 Å². The average molecular weight is 963 g/mol. The van der Waals surface area contributed by atoms with Gasteiger partial charge in [-0.15, -0.1) is 0 Å². The van der Waals surface area contributed by atoms with Gasteiger partial charge in [0.05, 0.1) is 6.61 Å². The first-order valence-electron chi connectivity index (χ1n) is 27.6. The molecular weight excluding hydrogens is 861 g/mol. The minimum Gasteiger partial charge on any atom is -0.462 e. The molecule has 1 rings (SSSR count). The minimum atomic E-state index is -4.60. The van der Waals surface area contributed by atoms with Crippen LogP contribution in [-0.4, -0.2) is 96.0 Å². The summed E-state index contributed by atoms with van der Waals surface area (Å²) in [4.78, 5) is 25.6. The maximum Gasteiger partial charge on any atom is 0.306 e. The van der Waals surface area contributed by atoms with Crippen molar-refractivity contribution >= 4 is 22.1 Å². The summed E-state index contributed by atoms with van der Waals surface area (Å²) in [7, 11) is -4.60. The summed E-state index contributed by atoms with van der Waals surface area (Å²) < 4.78 is 54.3. The Hall–Kier alpha value is -1.35. The van der Waals surface area contributed by atoms with Gasteiger partial charge in [0.15, 0.2) is 12.4 Å². The van der Waals surface area contributed by atoms with Crippen molar-refractivity contribution in [2.45, 2.75) is 307 Å². The lowest BCUT2D eigenvalue weighted by Crippen LogP contribution is -2.60. The molecule has 0 aromatic carbocycles. The molecule has 1 fully saturated rings. The number of esters is 2. The molecule has 2 unspecified atom stereocenters. The molecule has 0 radical (unpaired) electrons. The van der Waals surface area contributed by atoms with Crippen LogP contribution in [0, 0.1) is 0 Å². The normalized spacial score (nSPS) is 19.3. The monoisotopic (exact) mass is 963 g/mol. The molecule has 1 aliphatic rings. The molecule has 13 heteroatoms. The van der Waals surface area contributed by atoms with Crippen LogP contribution in [-0.2, 0) is 38.7 Å². The zero-order valence-electron chi connectivity index (χ0n) is 42.3. The van der Waals surface area contributed by atoms with Crippen molar-refractivity contribution in [3.05, 3.63) is 0 Å². The number of unbranched alkanes of at least 4 members (excludes halogenated alkanes) is 36. The number of rotatable bonds is 48. The van der Waals surface area contributed by atoms with Crippen LogP contribution in [0.1, 0.15) is 271 Å². The molecular formula is C53H102O12S. The Bertz CT molecular complexity index is 1220. The Kier molecular flexibility index (Phi) is 41.4. The zero-order chi connectivity index (χ0) is 48.4. The molecule has 1 heterocycles. The van der Waals surface area contributed by atoms with Gasteiger partial charge in [0.1, 0.15) is 36.8 Å². The maximum atomic E-state index is 12.9. The van der Waals surface area contributed by atoms with Gasteiger partial charge in [-0.1, -0.05) is 245 Å². The first-order chi connectivity index (χ1) is 32.0. The fourth-order valence-electron chi connectivity index (χ4n) is 8.92. The molecule has 392 valence electrons. The highest BCUT2D eigenvalue weighted by Gasteiger charge is 2.46. The molecule has 0 spiro atoms. The number of carbonyl (C=O) groups is 2. The van der Waals surface area contributed by atoms with Crippen LogP contribution in [0.2, 0.25) is 0 Å². The molecule has 1 aliphatic heterocycles. The lowest BCUT2D eigenvalue weighted by molar-refractivity contribution is -0.297. The Morgan fingerprint density at radius 2 is 0.773 bits per heavy atom. The van der Waals surface area contributed by atoms with E-state index in [0.717, 1.165) is 38.5 Å². The van der Waals surface area contributed by atoms with Crippen LogP contribution in [0.4, 0.5) is 0 Å². The third-order valence-corrected chi connectivity index (χ3v) is 13.9. The summed E-state index contributed by atoms with van der Waals surface area (Å²) in [6, 6.07) is 0. The van der Waals surface area contributed by atoms with Gasteiger partial charge < -0.3 is 34.3 Å². The molecule has 0 aromatic heterocycles. The van der Waals surface area contributed by atoms with Crippen LogP contribution in [0.3, 0.4) is 0 Å². The van der Waals surface area contributed by atoms with E-state index in [4.69, 9.17) is 18.9 Å². The highest BCUT2D eigenvalue weighted by molar-refractivity contribution is 7.85. The molecule has 0 amide bonds. The molecule has 0 aromatic rings. The Morgan fingerprint density at radius 3 is 1.11 bits per heavy atom. The third kappa shape index (κ3) is 37.5. The summed E-state index contributed by atoms with van der Waals surface area (Å²) in [6.45, 7) is 3.82. The second-order valence-corrected chi connectivity index (χ2v) is 21.1. The number of aliphatic hydroxyl groups excluding tert-OH is 3. The smallest absolute Gasteiger partial charge is 0.306 e. The van der Waals surface area contributed by atoms with Crippen LogP contribution in [0.15, 0.2) is 0 Å². The fourth-order valence-corrected chi connectivity index (χ4v) is 9.61. The largest absolute Gasteiger partial charge is 0.462 e. The highest BCUT2D eigenvalue weighted by atomic mass is 32.2. The minimum absolute atomic E-state index is 0.173. The predicted molar refractivity (Wildman–Crippen MR) is 266 cm³/mol. The Balaban J connectivity index is 2.29. The molecule has 4 N–H and O–H groups in total. The second kappa shape index (κ2) is 43.7. The summed E-state index contributed by atoms with van der Waals surface area (Å²) in [5, 5.41) is 31.0. The van der Waals surface area contributed by atoms with Crippen molar-refractivity contribution < 1.29 is 56.8 Å². The van der Waals surface area contributed by atoms with Gasteiger partial charge in [-0.05, 0) is 12.8 Å². The van der Waals surface area contributed by atoms with Gasteiger partial charge in [0.25, 0.3) is 10.1 Å². The van der Waals surface area contributed by atoms with Gasteiger partial charge in [-0.3, -0.25) is 14.1 Å². The first kappa shape index (κ1) is 62.7. The summed E-state index contributed by atoms with van der Waals surface area (Å²) >= 11 is 0. The van der Waals surface area contributed by atoms with Crippen LogP contribution in [0.5, 0.6) is 0 Å². The third-order valence-electron chi connectivity index (χ3n) is 13.2. The lowest BCUT2D eigenvalue weighted by Gasteiger charge is -2.40. The molecule has 0 saturated carbocycles. The summed E-state index contributed by atoms with van der Waals surface area (Å²) in [5.41, 5.74) is 0. The lowest BCUT2D eigenvalue weighted by atomic mass is 10.00. The Morgan fingerprint density at radius 1 is 0.455 bits per heavy atom. The molecule has 6 atom stereocenters. The van der Waals surface area contributed by atoms with Crippen molar-refractivity contribution in [2.75, 3.05) is 19.0 Å². The van der Waals surface area contributed by atoms with E-state index in [-0.39, 0.29) is 19.4 Å². The van der Waals surface area contributed by atoms with Gasteiger partial charge in [-0.2, -0.15) is 8.42 Å². The van der Waals surface area contributed by atoms with E-state index in [1.807, 2.05) is 0 Å². The van der Waals surface area contributed by atoms with E-state index in [1.54, 1.807) is 0 Å². The molecule has 1 saturated heterocycles. The van der Waals surface area contributed by atoms with Crippen molar-refractivity contribution in [1.82, 2.24) is 0 Å². The molecule has 12 nitrogen and oxygen atoms in total. The summed E-state index contributed by atoms with van der Waals surface area (Å²) in [5.74, 6) is -1.95. The van der Waals surface area contributed by atoms with E-state index >= 15 is 0 Å². The van der Waals surface area contributed by atoms with E-state index in [2.05, 4.69) is 13.8 Å². The number of ether oxygens (including phenoxy) is 4. The Labute approximate surface area is 403 Å². The van der Waals surface area contributed by atoms with E-state index in [1.165, 1.54) is 193 Å². The summed E-state index contributed by atoms with van der Waals surface area (Å²) in [6.07, 6.45) is 38.6. The van der Waals surface area contributed by atoms with Crippen molar-refractivity contribution in [3.8, 4) is 0 Å². The number of carbonyl (C=O) groups excluding carboxylic acids is 2. The van der Waals surface area contributed by atoms with Crippen molar-refractivity contribution in [3.63, 3.8) is 0 Å². The topological polar surface area (TPSA) is 186 Å². The number of hydrogen-bond donors (Lipinski definition) is 4. The van der Waals surface area contributed by atoms with E-state index in [0.29, 0.717) is 12.8 Å². The molecule has 0 aliphatic carbocycles. The number of hydrogen-bond acceptors (Lipinski definition) is 11. The van der Waals surface area contributed by atoms with Crippen LogP contribution < -0.4 is 0 Å². The first-order valence-corrected chi connectivity index (χ1v) is 29.2. The van der Waals surface area contributed by atoms with Gasteiger partial charge in [0.2, 0.25) is 0 Å². The highest BCUT2D eigenvalue weighted by Crippen LogP contribution is 2.24.